The fourth-order valence-corrected chi connectivity index (χ4v) is 9.23. The molecule has 6 rings (SSSR count). The number of fused-ring (bicyclic) bond motifs is 1. The standard InChI is InChI=1S/C31H23N2P/c1-4-14-24(15-5-1)34(25-16-6-2-7-17-25,26-18-8-3-9-19-26)30-23-13-10-20-27(30)31-32-28-21-11-12-22-29(28)33-31/h1-23H. The summed E-state index contributed by atoms with van der Waals surface area (Å²) in [7, 11) is -2.23. The summed E-state index contributed by atoms with van der Waals surface area (Å²) in [5.41, 5.74) is 2.94. The van der Waals surface area contributed by atoms with E-state index in [-0.39, 0.29) is 0 Å². The number of aromatic nitrogens is 2. The van der Waals surface area contributed by atoms with Crippen LogP contribution in [0.25, 0.3) is 22.4 Å². The van der Waals surface area contributed by atoms with Crippen molar-refractivity contribution in [2.24, 2.45) is 0 Å². The van der Waals surface area contributed by atoms with Gasteiger partial charge in [0, 0.05) is 5.56 Å². The molecule has 0 aliphatic carbocycles. The van der Waals surface area contributed by atoms with E-state index < -0.39 is 7.26 Å². The fourth-order valence-electron chi connectivity index (χ4n) is 4.80. The van der Waals surface area contributed by atoms with E-state index in [2.05, 4.69) is 115 Å². The first-order valence-electron chi connectivity index (χ1n) is 11.4. The Labute approximate surface area is 200 Å². The van der Waals surface area contributed by atoms with Crippen molar-refractivity contribution in [3.8, 4) is 11.4 Å². The lowest BCUT2D eigenvalue weighted by atomic mass is 10.2. The molecule has 1 heterocycles. The van der Waals surface area contributed by atoms with Gasteiger partial charge in [-0.05, 0) is 59.3 Å². The maximum Gasteiger partial charge on any atom is 0.144 e. The number of hydrogen-bond acceptors (Lipinski definition) is 1. The maximum absolute atomic E-state index is 4.94. The van der Waals surface area contributed by atoms with Crippen LogP contribution in [0.1, 0.15) is 0 Å². The third-order valence-electron chi connectivity index (χ3n) is 6.27. The highest BCUT2D eigenvalue weighted by Gasteiger charge is 2.48. The van der Waals surface area contributed by atoms with Crippen molar-refractivity contribution in [2.75, 3.05) is 0 Å². The third-order valence-corrected chi connectivity index (χ3v) is 10.6. The van der Waals surface area contributed by atoms with Crippen LogP contribution in [0.15, 0.2) is 140 Å². The minimum atomic E-state index is -2.23. The summed E-state index contributed by atoms with van der Waals surface area (Å²) in [6, 6.07) is 49.5. The van der Waals surface area contributed by atoms with E-state index in [1.54, 1.807) is 0 Å². The molecular weight excluding hydrogens is 431 g/mol. The number of para-hydroxylation sites is 2. The van der Waals surface area contributed by atoms with Gasteiger partial charge in [-0.2, -0.15) is 0 Å². The Morgan fingerprint density at radius 3 is 1.50 bits per heavy atom. The number of nitrogens with zero attached hydrogens (tertiary/aromatic N) is 2. The molecule has 0 radical (unpaired) electrons. The van der Waals surface area contributed by atoms with Crippen molar-refractivity contribution in [3.05, 3.63) is 140 Å². The second-order valence-electron chi connectivity index (χ2n) is 8.23. The molecule has 0 unspecified atom stereocenters. The van der Waals surface area contributed by atoms with Crippen LogP contribution in [-0.2, 0) is 0 Å². The Hall–Kier alpha value is -4.00. The molecule has 0 atom stereocenters. The van der Waals surface area contributed by atoms with Gasteiger partial charge in [0.15, 0.2) is 0 Å². The van der Waals surface area contributed by atoms with Crippen molar-refractivity contribution in [3.63, 3.8) is 0 Å². The first-order valence-corrected chi connectivity index (χ1v) is 13.2. The smallest absolute Gasteiger partial charge is 0.144 e. The Bertz CT molecular complexity index is 1410. The molecule has 0 saturated carbocycles. The van der Waals surface area contributed by atoms with Gasteiger partial charge in [0.05, 0.1) is 0 Å². The van der Waals surface area contributed by atoms with Crippen LogP contribution in [0.3, 0.4) is 0 Å². The van der Waals surface area contributed by atoms with Gasteiger partial charge in [0.25, 0.3) is 0 Å². The third kappa shape index (κ3) is 3.36. The Morgan fingerprint density at radius 2 is 0.941 bits per heavy atom. The summed E-state index contributed by atoms with van der Waals surface area (Å²) < 4.78 is 0. The topological polar surface area (TPSA) is 27.0 Å². The van der Waals surface area contributed by atoms with E-state index in [9.17, 15) is 0 Å². The number of benzene rings is 5. The van der Waals surface area contributed by atoms with Crippen molar-refractivity contribution in [1.29, 1.82) is 0 Å². The van der Waals surface area contributed by atoms with Gasteiger partial charge in [-0.3, -0.25) is 0 Å². The van der Waals surface area contributed by atoms with Gasteiger partial charge < -0.3 is 9.97 Å². The van der Waals surface area contributed by atoms with Gasteiger partial charge in [-0.1, -0.05) is 97.1 Å². The summed E-state index contributed by atoms with van der Waals surface area (Å²) >= 11 is 0. The molecule has 5 aromatic carbocycles. The second-order valence-corrected chi connectivity index (χ2v) is 11.6. The monoisotopic (exact) mass is 454 g/mol. The summed E-state index contributed by atoms with van der Waals surface area (Å²) in [5, 5.41) is 5.22. The first kappa shape index (κ1) is 20.6. The van der Waals surface area contributed by atoms with E-state index in [0.29, 0.717) is 0 Å². The molecule has 162 valence electrons. The SMILES string of the molecule is c1ccc([P+](c2ccccc2)(c2ccccc2)c2ccccc2-c2nc3ccccc3[n-]2)cc1. The van der Waals surface area contributed by atoms with Gasteiger partial charge in [-0.25, -0.2) is 0 Å². The van der Waals surface area contributed by atoms with Crippen molar-refractivity contribution in [1.82, 2.24) is 9.97 Å². The number of rotatable bonds is 5. The lowest BCUT2D eigenvalue weighted by Crippen LogP contribution is -2.39. The zero-order valence-corrected chi connectivity index (χ0v) is 19.5. The summed E-state index contributed by atoms with van der Waals surface area (Å²) in [5.74, 6) is 0.781. The normalized spacial score (nSPS) is 11.5. The van der Waals surface area contributed by atoms with Gasteiger partial charge >= 0.3 is 0 Å². The predicted molar refractivity (Wildman–Crippen MR) is 145 cm³/mol. The lowest BCUT2D eigenvalue weighted by Gasteiger charge is -2.29. The summed E-state index contributed by atoms with van der Waals surface area (Å²) in [6.45, 7) is 0. The van der Waals surface area contributed by atoms with Crippen LogP contribution in [0.2, 0.25) is 0 Å². The largest absolute Gasteiger partial charge is 0.435 e. The van der Waals surface area contributed by atoms with Crippen LogP contribution in [0, 0.1) is 0 Å². The zero-order chi connectivity index (χ0) is 22.8. The molecule has 0 amide bonds. The van der Waals surface area contributed by atoms with E-state index in [4.69, 9.17) is 9.97 Å². The van der Waals surface area contributed by atoms with Gasteiger partial charge in [0.1, 0.15) is 28.5 Å². The molecule has 0 spiro atoms. The van der Waals surface area contributed by atoms with E-state index in [1.165, 1.54) is 21.2 Å². The second kappa shape index (κ2) is 8.74. The number of imidazole rings is 1. The first-order chi connectivity index (χ1) is 16.9. The van der Waals surface area contributed by atoms with Crippen LogP contribution < -0.4 is 26.2 Å². The Balaban J connectivity index is 1.74. The highest BCUT2D eigenvalue weighted by Crippen LogP contribution is 2.55. The van der Waals surface area contributed by atoms with E-state index in [0.717, 1.165) is 22.4 Å². The molecule has 0 fully saturated rings. The molecule has 6 aromatic rings. The van der Waals surface area contributed by atoms with Crippen LogP contribution >= 0.6 is 7.26 Å². The van der Waals surface area contributed by atoms with Gasteiger partial charge in [0.2, 0.25) is 0 Å². The predicted octanol–water partition coefficient (Wildman–Crippen LogP) is 5.48. The minimum Gasteiger partial charge on any atom is -0.435 e. The minimum absolute atomic E-state index is 0.781. The van der Waals surface area contributed by atoms with Gasteiger partial charge in [-0.15, -0.1) is 0 Å². The Morgan fingerprint density at radius 1 is 0.471 bits per heavy atom. The molecule has 34 heavy (non-hydrogen) atoms. The molecule has 0 N–H and O–H groups in total. The molecule has 3 heteroatoms. The van der Waals surface area contributed by atoms with Crippen LogP contribution in [0.5, 0.6) is 0 Å². The van der Waals surface area contributed by atoms with E-state index >= 15 is 0 Å². The quantitative estimate of drug-likeness (QED) is 0.323. The van der Waals surface area contributed by atoms with E-state index in [1.807, 2.05) is 24.3 Å². The summed E-state index contributed by atoms with van der Waals surface area (Å²) in [4.78, 5) is 9.89. The van der Waals surface area contributed by atoms with Crippen molar-refractivity contribution in [2.45, 2.75) is 0 Å². The van der Waals surface area contributed by atoms with Crippen LogP contribution in [0.4, 0.5) is 0 Å². The molecule has 0 aliphatic heterocycles. The average molecular weight is 455 g/mol. The molecule has 2 nitrogen and oxygen atoms in total. The zero-order valence-electron chi connectivity index (χ0n) is 18.6. The van der Waals surface area contributed by atoms with Crippen molar-refractivity contribution >= 4 is 39.5 Å². The molecular formula is C31H23N2P. The molecule has 0 saturated heterocycles. The maximum atomic E-state index is 4.94. The highest BCUT2D eigenvalue weighted by molar-refractivity contribution is 8.01. The van der Waals surface area contributed by atoms with Crippen molar-refractivity contribution < 1.29 is 0 Å². The summed E-state index contributed by atoms with van der Waals surface area (Å²) in [6.07, 6.45) is 0. The lowest BCUT2D eigenvalue weighted by molar-refractivity contribution is 1.32. The molecule has 1 aromatic heterocycles. The number of hydrogen-bond donors (Lipinski definition) is 0. The van der Waals surface area contributed by atoms with Crippen LogP contribution in [-0.4, -0.2) is 4.98 Å². The Kier molecular flexibility index (Phi) is 5.30. The average Bonchev–Trinajstić information content (AvgIpc) is 3.36. The fraction of sp³-hybridized carbons (Fsp3) is 0. The highest BCUT2D eigenvalue weighted by atomic mass is 31.2. The molecule has 0 aliphatic rings. The molecule has 0 bridgehead atoms.